The van der Waals surface area contributed by atoms with Crippen LogP contribution in [0.25, 0.3) is 0 Å². The van der Waals surface area contributed by atoms with Gasteiger partial charge in [0.1, 0.15) is 5.82 Å². The Bertz CT molecular complexity index is 809. The van der Waals surface area contributed by atoms with E-state index in [9.17, 15) is 8.42 Å². The van der Waals surface area contributed by atoms with E-state index in [1.54, 1.807) is 17.4 Å². The van der Waals surface area contributed by atoms with Gasteiger partial charge in [-0.05, 0) is 31.5 Å². The second-order valence-electron chi connectivity index (χ2n) is 5.95. The minimum Gasteiger partial charge on any atom is -0.351 e. The molecule has 0 saturated heterocycles. The lowest BCUT2D eigenvalue weighted by Gasteiger charge is -2.24. The predicted octanol–water partition coefficient (Wildman–Crippen LogP) is 1.96. The van der Waals surface area contributed by atoms with Crippen LogP contribution in [0.4, 0.5) is 5.82 Å². The van der Waals surface area contributed by atoms with Crippen molar-refractivity contribution in [3.05, 3.63) is 53.5 Å². The molecular formula is C17H22N4O2S. The summed E-state index contributed by atoms with van der Waals surface area (Å²) in [4.78, 5) is 11.0. The second kappa shape index (κ2) is 6.86. The van der Waals surface area contributed by atoms with Gasteiger partial charge in [-0.1, -0.05) is 12.1 Å². The van der Waals surface area contributed by atoms with Gasteiger partial charge in [-0.15, -0.1) is 0 Å². The molecule has 0 atom stereocenters. The van der Waals surface area contributed by atoms with Crippen molar-refractivity contribution in [2.75, 3.05) is 23.7 Å². The summed E-state index contributed by atoms with van der Waals surface area (Å²) in [5.41, 5.74) is 2.95. The number of nitrogens with zero attached hydrogens (tertiary/aromatic N) is 4. The van der Waals surface area contributed by atoms with Gasteiger partial charge in [-0.3, -0.25) is 4.98 Å². The van der Waals surface area contributed by atoms with Gasteiger partial charge in [0, 0.05) is 49.8 Å². The van der Waals surface area contributed by atoms with E-state index in [0.717, 1.165) is 22.6 Å². The molecule has 1 aliphatic rings. The lowest BCUT2D eigenvalue weighted by atomic mass is 10.2. The van der Waals surface area contributed by atoms with Crippen molar-refractivity contribution in [1.82, 2.24) is 14.3 Å². The maximum absolute atomic E-state index is 12.3. The molecule has 2 aromatic rings. The number of hydrogen-bond donors (Lipinski definition) is 0. The number of aromatic nitrogens is 2. The largest absolute Gasteiger partial charge is 0.351 e. The van der Waals surface area contributed by atoms with Crippen molar-refractivity contribution in [1.29, 1.82) is 0 Å². The molecule has 0 aromatic carbocycles. The molecule has 2 aromatic heterocycles. The van der Waals surface area contributed by atoms with Gasteiger partial charge in [0.15, 0.2) is 0 Å². The number of anilines is 1. The van der Waals surface area contributed by atoms with E-state index in [-0.39, 0.29) is 5.75 Å². The Hall–Kier alpha value is -1.99. The molecule has 6 nitrogen and oxygen atoms in total. The van der Waals surface area contributed by atoms with Crippen LogP contribution in [0.2, 0.25) is 0 Å². The van der Waals surface area contributed by atoms with Gasteiger partial charge in [-0.25, -0.2) is 13.4 Å². The summed E-state index contributed by atoms with van der Waals surface area (Å²) in [6.07, 6.45) is 3.58. The molecule has 0 unspecified atom stereocenters. The summed E-state index contributed by atoms with van der Waals surface area (Å²) < 4.78 is 26.2. The molecule has 128 valence electrons. The highest BCUT2D eigenvalue weighted by molar-refractivity contribution is 7.89. The summed E-state index contributed by atoms with van der Waals surface area (Å²) in [6, 6.07) is 7.85. The Balaban J connectivity index is 1.96. The number of hydrogen-bond acceptors (Lipinski definition) is 5. The van der Waals surface area contributed by atoms with Crippen molar-refractivity contribution < 1.29 is 8.42 Å². The molecule has 3 heterocycles. The zero-order valence-corrected chi connectivity index (χ0v) is 14.8. The third kappa shape index (κ3) is 3.57. The molecule has 3 rings (SSSR count). The first-order valence-corrected chi connectivity index (χ1v) is 9.68. The molecule has 0 N–H and O–H groups in total. The summed E-state index contributed by atoms with van der Waals surface area (Å²) in [6.45, 7) is 5.75. The molecular weight excluding hydrogens is 324 g/mol. The molecule has 0 fully saturated rings. The Labute approximate surface area is 143 Å². The van der Waals surface area contributed by atoms with Crippen molar-refractivity contribution in [3.63, 3.8) is 0 Å². The molecule has 0 amide bonds. The van der Waals surface area contributed by atoms with E-state index in [2.05, 4.69) is 14.9 Å². The van der Waals surface area contributed by atoms with Crippen LogP contribution in [0.5, 0.6) is 0 Å². The first-order chi connectivity index (χ1) is 11.5. The van der Waals surface area contributed by atoms with E-state index in [4.69, 9.17) is 0 Å². The van der Waals surface area contributed by atoms with Gasteiger partial charge in [0.05, 0.1) is 5.75 Å². The highest BCUT2D eigenvalue weighted by atomic mass is 32.2. The lowest BCUT2D eigenvalue weighted by molar-refractivity contribution is 0.419. The first-order valence-electron chi connectivity index (χ1n) is 8.08. The molecule has 0 bridgehead atoms. The van der Waals surface area contributed by atoms with Crippen LogP contribution in [-0.2, 0) is 23.1 Å². The van der Waals surface area contributed by atoms with Crippen LogP contribution < -0.4 is 4.90 Å². The topological polar surface area (TPSA) is 66.4 Å². The SMILES string of the molecule is CCS(=O)(=O)N1CCN(Cc2cccnc2)c2nc(C)ccc2C1. The van der Waals surface area contributed by atoms with E-state index in [1.165, 1.54) is 0 Å². The van der Waals surface area contributed by atoms with Crippen LogP contribution in [0.1, 0.15) is 23.7 Å². The fourth-order valence-corrected chi connectivity index (χ4v) is 3.92. The maximum atomic E-state index is 12.3. The van der Waals surface area contributed by atoms with Gasteiger partial charge in [0.25, 0.3) is 0 Å². The molecule has 1 aliphatic heterocycles. The van der Waals surface area contributed by atoms with E-state index < -0.39 is 10.0 Å². The van der Waals surface area contributed by atoms with Crippen molar-refractivity contribution in [2.45, 2.75) is 26.9 Å². The Morgan fingerprint density at radius 3 is 2.75 bits per heavy atom. The number of aryl methyl sites for hydroxylation is 1. The fraction of sp³-hybridized carbons (Fsp3) is 0.412. The van der Waals surface area contributed by atoms with Crippen molar-refractivity contribution in [3.8, 4) is 0 Å². The number of pyridine rings is 2. The van der Waals surface area contributed by atoms with E-state index in [1.807, 2.05) is 37.4 Å². The van der Waals surface area contributed by atoms with Gasteiger partial charge in [0.2, 0.25) is 10.0 Å². The van der Waals surface area contributed by atoms with Crippen LogP contribution in [-0.4, -0.2) is 41.5 Å². The van der Waals surface area contributed by atoms with Crippen molar-refractivity contribution in [2.24, 2.45) is 0 Å². The highest BCUT2D eigenvalue weighted by Crippen LogP contribution is 2.26. The number of rotatable bonds is 4. The average Bonchev–Trinajstić information content (AvgIpc) is 2.76. The molecule has 24 heavy (non-hydrogen) atoms. The smallest absolute Gasteiger partial charge is 0.214 e. The Morgan fingerprint density at radius 1 is 1.21 bits per heavy atom. The van der Waals surface area contributed by atoms with Crippen LogP contribution >= 0.6 is 0 Å². The lowest BCUT2D eigenvalue weighted by Crippen LogP contribution is -2.36. The number of sulfonamides is 1. The van der Waals surface area contributed by atoms with Crippen LogP contribution in [0, 0.1) is 6.92 Å². The fourth-order valence-electron chi connectivity index (χ4n) is 2.86. The standard InChI is InChI=1S/C17H22N4O2S/c1-3-24(22,23)21-10-9-20(12-15-5-4-8-18-11-15)17-16(13-21)7-6-14(2)19-17/h4-8,11H,3,9-10,12-13H2,1-2H3. The molecule has 7 heteroatoms. The summed E-state index contributed by atoms with van der Waals surface area (Å²) in [7, 11) is -3.23. The van der Waals surface area contributed by atoms with Crippen LogP contribution in [0.3, 0.4) is 0 Å². The molecule has 0 aliphatic carbocycles. The van der Waals surface area contributed by atoms with E-state index in [0.29, 0.717) is 26.2 Å². The summed E-state index contributed by atoms with van der Waals surface area (Å²) in [5.74, 6) is 0.984. The van der Waals surface area contributed by atoms with E-state index >= 15 is 0 Å². The van der Waals surface area contributed by atoms with Gasteiger partial charge < -0.3 is 4.90 Å². The molecule has 0 saturated carbocycles. The third-order valence-electron chi connectivity index (χ3n) is 4.22. The maximum Gasteiger partial charge on any atom is 0.214 e. The Morgan fingerprint density at radius 2 is 2.04 bits per heavy atom. The average molecular weight is 346 g/mol. The zero-order valence-electron chi connectivity index (χ0n) is 14.0. The predicted molar refractivity (Wildman–Crippen MR) is 94.1 cm³/mol. The normalized spacial score (nSPS) is 15.8. The quantitative estimate of drug-likeness (QED) is 0.847. The highest BCUT2D eigenvalue weighted by Gasteiger charge is 2.27. The first kappa shape index (κ1) is 16.9. The molecule has 0 spiro atoms. The van der Waals surface area contributed by atoms with Crippen molar-refractivity contribution >= 4 is 15.8 Å². The minimum absolute atomic E-state index is 0.115. The summed E-state index contributed by atoms with van der Waals surface area (Å²) in [5, 5.41) is 0. The minimum atomic E-state index is -3.23. The zero-order chi connectivity index (χ0) is 17.2. The van der Waals surface area contributed by atoms with Gasteiger partial charge in [-0.2, -0.15) is 4.31 Å². The second-order valence-corrected chi connectivity index (χ2v) is 8.21. The third-order valence-corrected chi connectivity index (χ3v) is 6.04. The number of fused-ring (bicyclic) bond motifs is 1. The Kier molecular flexibility index (Phi) is 4.82. The van der Waals surface area contributed by atoms with Gasteiger partial charge >= 0.3 is 0 Å². The summed E-state index contributed by atoms with van der Waals surface area (Å²) >= 11 is 0. The monoisotopic (exact) mass is 346 g/mol. The molecule has 0 radical (unpaired) electrons. The van der Waals surface area contributed by atoms with Crippen LogP contribution in [0.15, 0.2) is 36.7 Å².